The number of carbonyl (C=O) groups excluding carboxylic acids is 1. The van der Waals surface area contributed by atoms with Crippen molar-refractivity contribution in [1.29, 1.82) is 0 Å². The second kappa shape index (κ2) is 7.94. The molecule has 0 amide bonds. The van der Waals surface area contributed by atoms with E-state index < -0.39 is 0 Å². The van der Waals surface area contributed by atoms with Gasteiger partial charge >= 0.3 is 0 Å². The molecule has 0 saturated carbocycles. The van der Waals surface area contributed by atoms with Gasteiger partial charge in [-0.25, -0.2) is 0 Å². The Hall–Kier alpha value is -2.30. The monoisotopic (exact) mass is 385 g/mol. The molecule has 134 valence electrons. The van der Waals surface area contributed by atoms with Gasteiger partial charge in [0.25, 0.3) is 0 Å². The van der Waals surface area contributed by atoms with Crippen LogP contribution >= 0.6 is 22.9 Å². The minimum absolute atomic E-state index is 0.117. The highest BCUT2D eigenvalue weighted by molar-refractivity contribution is 7.14. The summed E-state index contributed by atoms with van der Waals surface area (Å²) in [4.78, 5) is 12.8. The van der Waals surface area contributed by atoms with E-state index in [1.807, 2.05) is 17.5 Å². The summed E-state index contributed by atoms with van der Waals surface area (Å²) in [7, 11) is 0. The Kier molecular flexibility index (Phi) is 5.64. The van der Waals surface area contributed by atoms with Crippen LogP contribution in [0.3, 0.4) is 0 Å². The van der Waals surface area contributed by atoms with Crippen molar-refractivity contribution in [2.24, 2.45) is 0 Å². The second-order valence-corrected chi connectivity index (χ2v) is 7.70. The lowest BCUT2D eigenvalue weighted by Gasteiger charge is -2.10. The van der Waals surface area contributed by atoms with Crippen LogP contribution in [0.25, 0.3) is 0 Å². The van der Waals surface area contributed by atoms with Gasteiger partial charge in [0.15, 0.2) is 5.78 Å². The number of rotatable bonds is 6. The number of halogens is 1. The normalized spacial score (nSPS) is 10.9. The number of nitrogens with two attached hydrogens (primary N) is 1. The first-order valence-corrected chi connectivity index (χ1v) is 9.60. The average molecular weight is 386 g/mol. The Labute approximate surface area is 162 Å². The zero-order valence-corrected chi connectivity index (χ0v) is 16.2. The molecule has 5 heteroatoms. The van der Waals surface area contributed by atoms with E-state index in [1.165, 1.54) is 16.9 Å². The molecular formula is C21H20ClNO2S. The minimum Gasteiger partial charge on any atom is -0.489 e. The molecular weight excluding hydrogens is 366 g/mol. The van der Waals surface area contributed by atoms with E-state index in [9.17, 15) is 4.79 Å². The number of anilines is 1. The number of thiophene rings is 1. The van der Waals surface area contributed by atoms with Gasteiger partial charge in [0, 0.05) is 21.5 Å². The second-order valence-electron chi connectivity index (χ2n) is 6.35. The van der Waals surface area contributed by atoms with E-state index >= 15 is 0 Å². The van der Waals surface area contributed by atoms with E-state index in [4.69, 9.17) is 22.1 Å². The maximum Gasteiger partial charge on any atom is 0.196 e. The molecule has 0 radical (unpaired) electrons. The van der Waals surface area contributed by atoms with Crippen molar-refractivity contribution in [3.63, 3.8) is 0 Å². The first-order chi connectivity index (χ1) is 12.5. The van der Waals surface area contributed by atoms with E-state index in [2.05, 4.69) is 26.0 Å². The molecule has 1 aromatic heterocycles. The van der Waals surface area contributed by atoms with Crippen LogP contribution in [0.15, 0.2) is 53.9 Å². The third-order valence-corrected chi connectivity index (χ3v) is 5.28. The summed E-state index contributed by atoms with van der Waals surface area (Å²) in [6, 6.07) is 14.8. The zero-order valence-electron chi connectivity index (χ0n) is 14.7. The molecule has 0 unspecified atom stereocenters. The van der Waals surface area contributed by atoms with Crippen LogP contribution in [0.4, 0.5) is 5.00 Å². The van der Waals surface area contributed by atoms with Crippen LogP contribution in [0.2, 0.25) is 5.02 Å². The molecule has 0 aliphatic heterocycles. The Bertz CT molecular complexity index is 899. The lowest BCUT2D eigenvalue weighted by atomic mass is 10.0. The number of ketones is 1. The summed E-state index contributed by atoms with van der Waals surface area (Å²) in [6.07, 6.45) is 0. The molecule has 0 spiro atoms. The molecule has 0 fully saturated rings. The standard InChI is InChI=1S/C21H20ClNO2S/c1-13(2)14-5-9-18(10-6-14)25-11-16-12-26-21(23)19(16)20(24)15-3-7-17(22)8-4-15/h3-10,12-13H,11,23H2,1-2H3. The number of carbonyl (C=O) groups is 1. The van der Waals surface area contributed by atoms with Gasteiger partial charge in [-0.15, -0.1) is 11.3 Å². The average Bonchev–Trinajstić information content (AvgIpc) is 3.01. The van der Waals surface area contributed by atoms with Crippen molar-refractivity contribution in [3.8, 4) is 5.75 Å². The maximum atomic E-state index is 12.8. The molecule has 0 saturated heterocycles. The van der Waals surface area contributed by atoms with Crippen molar-refractivity contribution in [1.82, 2.24) is 0 Å². The molecule has 0 atom stereocenters. The fraction of sp³-hybridized carbons (Fsp3) is 0.190. The number of hydrogen-bond acceptors (Lipinski definition) is 4. The first kappa shape index (κ1) is 18.5. The highest BCUT2D eigenvalue weighted by Crippen LogP contribution is 2.29. The van der Waals surface area contributed by atoms with Crippen LogP contribution in [0.5, 0.6) is 5.75 Å². The fourth-order valence-electron chi connectivity index (χ4n) is 2.63. The molecule has 2 aromatic carbocycles. The predicted molar refractivity (Wildman–Crippen MR) is 108 cm³/mol. The Balaban J connectivity index is 1.77. The molecule has 26 heavy (non-hydrogen) atoms. The smallest absolute Gasteiger partial charge is 0.196 e. The molecule has 3 aromatic rings. The van der Waals surface area contributed by atoms with Crippen LogP contribution in [-0.2, 0) is 6.61 Å². The van der Waals surface area contributed by atoms with Crippen molar-refractivity contribution < 1.29 is 9.53 Å². The minimum atomic E-state index is -0.117. The highest BCUT2D eigenvalue weighted by Gasteiger charge is 2.19. The summed E-state index contributed by atoms with van der Waals surface area (Å²) in [5.74, 6) is 1.13. The van der Waals surface area contributed by atoms with Gasteiger partial charge < -0.3 is 10.5 Å². The van der Waals surface area contributed by atoms with Crippen molar-refractivity contribution in [3.05, 3.63) is 81.2 Å². The lowest BCUT2D eigenvalue weighted by Crippen LogP contribution is -2.07. The molecule has 3 nitrogen and oxygen atoms in total. The molecule has 0 aliphatic carbocycles. The van der Waals surface area contributed by atoms with Crippen molar-refractivity contribution in [2.45, 2.75) is 26.4 Å². The molecule has 1 heterocycles. The summed E-state index contributed by atoms with van der Waals surface area (Å²) in [5.41, 5.74) is 9.17. The third kappa shape index (κ3) is 4.09. The Morgan fingerprint density at radius 1 is 1.12 bits per heavy atom. The summed E-state index contributed by atoms with van der Waals surface area (Å²) in [6.45, 7) is 4.60. The van der Waals surface area contributed by atoms with Gasteiger partial charge in [-0.1, -0.05) is 37.6 Å². The number of benzene rings is 2. The number of hydrogen-bond donors (Lipinski definition) is 1. The van der Waals surface area contributed by atoms with Gasteiger partial charge in [0.2, 0.25) is 0 Å². The van der Waals surface area contributed by atoms with E-state index in [1.54, 1.807) is 24.3 Å². The third-order valence-electron chi connectivity index (χ3n) is 4.17. The van der Waals surface area contributed by atoms with E-state index in [-0.39, 0.29) is 5.78 Å². The zero-order chi connectivity index (χ0) is 18.7. The summed E-state index contributed by atoms with van der Waals surface area (Å²) < 4.78 is 5.86. The Morgan fingerprint density at radius 3 is 2.38 bits per heavy atom. The first-order valence-electron chi connectivity index (χ1n) is 8.34. The quantitative estimate of drug-likeness (QED) is 0.536. The highest BCUT2D eigenvalue weighted by atomic mass is 35.5. The van der Waals surface area contributed by atoms with Crippen molar-refractivity contribution in [2.75, 3.05) is 5.73 Å². The maximum absolute atomic E-state index is 12.8. The van der Waals surface area contributed by atoms with Gasteiger partial charge in [-0.05, 0) is 47.9 Å². The fourth-order valence-corrected chi connectivity index (χ4v) is 3.55. The molecule has 2 N–H and O–H groups in total. The topological polar surface area (TPSA) is 52.3 Å². The lowest BCUT2D eigenvalue weighted by molar-refractivity contribution is 0.103. The van der Waals surface area contributed by atoms with Gasteiger partial charge in [-0.3, -0.25) is 4.79 Å². The van der Waals surface area contributed by atoms with E-state index in [0.29, 0.717) is 33.7 Å². The largest absolute Gasteiger partial charge is 0.489 e. The Morgan fingerprint density at radius 2 is 1.77 bits per heavy atom. The van der Waals surface area contributed by atoms with Gasteiger partial charge in [-0.2, -0.15) is 0 Å². The van der Waals surface area contributed by atoms with Crippen LogP contribution in [0.1, 0.15) is 46.8 Å². The predicted octanol–water partition coefficient (Wildman–Crippen LogP) is 5.92. The van der Waals surface area contributed by atoms with Crippen molar-refractivity contribution >= 4 is 33.7 Å². The summed E-state index contributed by atoms with van der Waals surface area (Å²) >= 11 is 7.25. The van der Waals surface area contributed by atoms with Crippen LogP contribution < -0.4 is 10.5 Å². The SMILES string of the molecule is CC(C)c1ccc(OCc2csc(N)c2C(=O)c2ccc(Cl)cc2)cc1. The number of nitrogen functional groups attached to an aromatic ring is 1. The molecule has 0 bridgehead atoms. The van der Waals surface area contributed by atoms with E-state index in [0.717, 1.165) is 11.3 Å². The summed E-state index contributed by atoms with van der Waals surface area (Å²) in [5, 5.41) is 2.97. The van der Waals surface area contributed by atoms with Crippen LogP contribution in [-0.4, -0.2) is 5.78 Å². The van der Waals surface area contributed by atoms with Crippen LogP contribution in [0, 0.1) is 0 Å². The van der Waals surface area contributed by atoms with Gasteiger partial charge in [0.05, 0.1) is 10.6 Å². The van der Waals surface area contributed by atoms with Gasteiger partial charge in [0.1, 0.15) is 12.4 Å². The number of ether oxygens (including phenoxy) is 1. The molecule has 3 rings (SSSR count). The molecule has 0 aliphatic rings.